The molecule has 0 aliphatic rings. The first-order chi connectivity index (χ1) is 12.5. The highest BCUT2D eigenvalue weighted by atomic mass is 35.5. The van der Waals surface area contributed by atoms with Crippen LogP contribution in [0.15, 0.2) is 36.4 Å². The number of halogens is 2. The van der Waals surface area contributed by atoms with Gasteiger partial charge in [0.2, 0.25) is 0 Å². The first-order valence-electron chi connectivity index (χ1n) is 7.82. The van der Waals surface area contributed by atoms with Gasteiger partial charge in [0.05, 0.1) is 19.9 Å². The number of benzene rings is 2. The van der Waals surface area contributed by atoms with E-state index in [1.807, 2.05) is 24.3 Å². The van der Waals surface area contributed by atoms with E-state index in [0.717, 1.165) is 35.1 Å². The van der Waals surface area contributed by atoms with Crippen LogP contribution >= 0.6 is 47.2 Å². The maximum atomic E-state index is 6.17. The molecule has 0 heterocycles. The predicted molar refractivity (Wildman–Crippen MR) is 116 cm³/mol. The molecule has 2 rings (SSSR count). The Bertz CT molecular complexity index is 760. The van der Waals surface area contributed by atoms with E-state index in [0.29, 0.717) is 20.9 Å². The fourth-order valence-corrected chi connectivity index (χ4v) is 3.75. The quantitative estimate of drug-likeness (QED) is 0.441. The van der Waals surface area contributed by atoms with Crippen LogP contribution in [0.3, 0.4) is 0 Å². The molecule has 0 saturated heterocycles. The van der Waals surface area contributed by atoms with E-state index in [1.54, 1.807) is 38.1 Å². The molecule has 4 nitrogen and oxygen atoms in total. The lowest BCUT2D eigenvalue weighted by Crippen LogP contribution is -2.30. The number of anilines is 1. The van der Waals surface area contributed by atoms with Gasteiger partial charge in [0.1, 0.15) is 11.5 Å². The summed E-state index contributed by atoms with van der Waals surface area (Å²) in [6, 6.07) is 11.1. The van der Waals surface area contributed by atoms with Gasteiger partial charge in [-0.25, -0.2) is 0 Å². The molecule has 0 aliphatic carbocycles. The van der Waals surface area contributed by atoms with Crippen molar-refractivity contribution in [3.8, 4) is 11.5 Å². The molecule has 0 atom stereocenters. The molecular formula is C18H20Cl2N2O2S2. The van der Waals surface area contributed by atoms with Gasteiger partial charge in [-0.2, -0.15) is 11.8 Å². The number of ether oxygens (including phenoxy) is 2. The normalized spacial score (nSPS) is 10.3. The van der Waals surface area contributed by atoms with E-state index < -0.39 is 0 Å². The second kappa shape index (κ2) is 10.7. The second-order valence-electron chi connectivity index (χ2n) is 5.24. The van der Waals surface area contributed by atoms with E-state index in [4.69, 9.17) is 44.9 Å². The number of thioether (sulfide) groups is 1. The number of thiocarbonyl (C=S) groups is 1. The standard InChI is InChI=1S/C18H20Cl2N2O2S2/c1-23-14-5-6-16(17(10-14)24-2)22-18(25)21-7-8-26-11-12-3-4-13(19)9-15(12)20/h3-6,9-10H,7-8,11H2,1-2H3,(H2,21,22,25). The molecule has 2 aromatic rings. The van der Waals surface area contributed by atoms with Crippen LogP contribution in [0.25, 0.3) is 0 Å². The molecular weight excluding hydrogens is 411 g/mol. The first-order valence-corrected chi connectivity index (χ1v) is 10.1. The maximum Gasteiger partial charge on any atom is 0.170 e. The Labute approximate surface area is 173 Å². The van der Waals surface area contributed by atoms with Crippen molar-refractivity contribution in [2.24, 2.45) is 0 Å². The van der Waals surface area contributed by atoms with Crippen molar-refractivity contribution in [1.82, 2.24) is 5.32 Å². The van der Waals surface area contributed by atoms with Crippen LogP contribution in [0.2, 0.25) is 10.0 Å². The van der Waals surface area contributed by atoms with Gasteiger partial charge in [0, 0.05) is 34.2 Å². The van der Waals surface area contributed by atoms with Crippen molar-refractivity contribution < 1.29 is 9.47 Å². The molecule has 0 aliphatic heterocycles. The summed E-state index contributed by atoms with van der Waals surface area (Å²) in [5.41, 5.74) is 1.86. The van der Waals surface area contributed by atoms with Gasteiger partial charge in [-0.3, -0.25) is 0 Å². The van der Waals surface area contributed by atoms with Gasteiger partial charge in [-0.1, -0.05) is 29.3 Å². The highest BCUT2D eigenvalue weighted by Crippen LogP contribution is 2.29. The summed E-state index contributed by atoms with van der Waals surface area (Å²) in [4.78, 5) is 0. The molecule has 0 radical (unpaired) electrons. The van der Waals surface area contributed by atoms with E-state index in [9.17, 15) is 0 Å². The first kappa shape index (κ1) is 21.0. The topological polar surface area (TPSA) is 42.5 Å². The Morgan fingerprint density at radius 1 is 1.12 bits per heavy atom. The molecule has 26 heavy (non-hydrogen) atoms. The molecule has 0 bridgehead atoms. The average Bonchev–Trinajstić information content (AvgIpc) is 2.63. The Hall–Kier alpha value is -1.34. The summed E-state index contributed by atoms with van der Waals surface area (Å²) in [6.07, 6.45) is 0. The lowest BCUT2D eigenvalue weighted by molar-refractivity contribution is 0.395. The minimum Gasteiger partial charge on any atom is -0.497 e. The van der Waals surface area contributed by atoms with Crippen molar-refractivity contribution in [2.45, 2.75) is 5.75 Å². The van der Waals surface area contributed by atoms with Gasteiger partial charge in [0.15, 0.2) is 5.11 Å². The molecule has 140 valence electrons. The van der Waals surface area contributed by atoms with Crippen molar-refractivity contribution in [1.29, 1.82) is 0 Å². The largest absolute Gasteiger partial charge is 0.497 e. The fourth-order valence-electron chi connectivity index (χ4n) is 2.13. The van der Waals surface area contributed by atoms with Crippen molar-refractivity contribution in [3.63, 3.8) is 0 Å². The molecule has 8 heteroatoms. The van der Waals surface area contributed by atoms with Gasteiger partial charge in [0.25, 0.3) is 0 Å². The van der Waals surface area contributed by atoms with Crippen LogP contribution in [0.5, 0.6) is 11.5 Å². The van der Waals surface area contributed by atoms with Crippen LogP contribution in [0, 0.1) is 0 Å². The van der Waals surface area contributed by atoms with Crippen LogP contribution in [-0.4, -0.2) is 31.6 Å². The van der Waals surface area contributed by atoms with E-state index in [1.165, 1.54) is 0 Å². The Morgan fingerprint density at radius 2 is 1.92 bits per heavy atom. The summed E-state index contributed by atoms with van der Waals surface area (Å²) in [5, 5.41) is 8.20. The van der Waals surface area contributed by atoms with Crippen molar-refractivity contribution >= 4 is 58.0 Å². The molecule has 0 amide bonds. The highest BCUT2D eigenvalue weighted by Gasteiger charge is 2.07. The minimum absolute atomic E-state index is 0.540. The number of hydrogen-bond acceptors (Lipinski definition) is 4. The van der Waals surface area contributed by atoms with E-state index in [2.05, 4.69) is 10.6 Å². The molecule has 0 unspecified atom stereocenters. The smallest absolute Gasteiger partial charge is 0.170 e. The molecule has 0 spiro atoms. The lowest BCUT2D eigenvalue weighted by atomic mass is 10.2. The zero-order valence-electron chi connectivity index (χ0n) is 14.5. The fraction of sp³-hybridized carbons (Fsp3) is 0.278. The zero-order valence-corrected chi connectivity index (χ0v) is 17.6. The number of nitrogens with one attached hydrogen (secondary N) is 2. The van der Waals surface area contributed by atoms with Crippen molar-refractivity contribution in [2.75, 3.05) is 31.8 Å². The third-order valence-corrected chi connectivity index (χ3v) is 5.30. The van der Waals surface area contributed by atoms with Gasteiger partial charge >= 0.3 is 0 Å². The Balaban J connectivity index is 1.74. The Morgan fingerprint density at radius 3 is 2.62 bits per heavy atom. The van der Waals surface area contributed by atoms with Gasteiger partial charge < -0.3 is 20.1 Å². The average molecular weight is 431 g/mol. The van der Waals surface area contributed by atoms with Crippen LogP contribution in [0.4, 0.5) is 5.69 Å². The summed E-state index contributed by atoms with van der Waals surface area (Å²) in [7, 11) is 3.22. The molecule has 0 fully saturated rings. The molecule has 2 aromatic carbocycles. The molecule has 0 aromatic heterocycles. The van der Waals surface area contributed by atoms with E-state index in [-0.39, 0.29) is 0 Å². The summed E-state index contributed by atoms with van der Waals surface area (Å²) < 4.78 is 10.5. The lowest BCUT2D eigenvalue weighted by Gasteiger charge is -2.14. The Kier molecular flexibility index (Phi) is 8.65. The number of methoxy groups -OCH3 is 2. The number of hydrogen-bond donors (Lipinski definition) is 2. The third kappa shape index (κ3) is 6.43. The summed E-state index contributed by atoms with van der Waals surface area (Å²) >= 11 is 19.2. The van der Waals surface area contributed by atoms with Crippen LogP contribution in [-0.2, 0) is 5.75 Å². The predicted octanol–water partition coefficient (Wildman–Crippen LogP) is 5.23. The monoisotopic (exact) mass is 430 g/mol. The van der Waals surface area contributed by atoms with Crippen molar-refractivity contribution in [3.05, 3.63) is 52.0 Å². The second-order valence-corrected chi connectivity index (χ2v) is 7.59. The van der Waals surface area contributed by atoms with E-state index >= 15 is 0 Å². The van der Waals surface area contributed by atoms with Gasteiger partial charge in [-0.05, 0) is 42.0 Å². The summed E-state index contributed by atoms with van der Waals surface area (Å²) in [5.74, 6) is 3.11. The number of rotatable bonds is 8. The summed E-state index contributed by atoms with van der Waals surface area (Å²) in [6.45, 7) is 0.736. The van der Waals surface area contributed by atoms with Crippen LogP contribution < -0.4 is 20.1 Å². The van der Waals surface area contributed by atoms with Gasteiger partial charge in [-0.15, -0.1) is 0 Å². The maximum absolute atomic E-state index is 6.17. The zero-order chi connectivity index (χ0) is 18.9. The van der Waals surface area contributed by atoms with Crippen LogP contribution in [0.1, 0.15) is 5.56 Å². The molecule has 0 saturated carbocycles. The minimum atomic E-state index is 0.540. The highest BCUT2D eigenvalue weighted by molar-refractivity contribution is 7.98. The third-order valence-electron chi connectivity index (χ3n) is 3.46. The molecule has 2 N–H and O–H groups in total. The SMILES string of the molecule is COc1ccc(NC(=S)NCCSCc2ccc(Cl)cc2Cl)c(OC)c1.